The minimum absolute atomic E-state index is 0.0446. The first-order chi connectivity index (χ1) is 8.67. The fraction of sp³-hybridized carbons (Fsp3) is 0.667. The number of hydrogen-bond donors (Lipinski definition) is 1. The van der Waals surface area contributed by atoms with E-state index in [1.807, 2.05) is 11.0 Å². The largest absolute Gasteiger partial charge is 0.480 e. The molecule has 1 aliphatic rings. The van der Waals surface area contributed by atoms with Crippen LogP contribution in [-0.2, 0) is 22.7 Å². The van der Waals surface area contributed by atoms with Crippen molar-refractivity contribution < 1.29 is 19.2 Å². The van der Waals surface area contributed by atoms with Gasteiger partial charge < -0.3 is 14.4 Å². The SMILES string of the molecule is COCc1cc(CN(CC(=O)O)CC2CC2)no1. The summed E-state index contributed by atoms with van der Waals surface area (Å²) >= 11 is 0. The fourth-order valence-electron chi connectivity index (χ4n) is 1.91. The zero-order valence-corrected chi connectivity index (χ0v) is 10.5. The molecule has 0 aliphatic heterocycles. The summed E-state index contributed by atoms with van der Waals surface area (Å²) in [5, 5.41) is 12.8. The monoisotopic (exact) mass is 254 g/mol. The van der Waals surface area contributed by atoms with Gasteiger partial charge in [-0.1, -0.05) is 5.16 Å². The summed E-state index contributed by atoms with van der Waals surface area (Å²) in [7, 11) is 1.59. The molecule has 0 radical (unpaired) electrons. The normalized spacial score (nSPS) is 15.2. The number of carboxylic acids is 1. The van der Waals surface area contributed by atoms with E-state index in [1.165, 1.54) is 12.8 Å². The molecule has 0 amide bonds. The van der Waals surface area contributed by atoms with Gasteiger partial charge in [0, 0.05) is 26.3 Å². The Morgan fingerprint density at radius 3 is 3.06 bits per heavy atom. The van der Waals surface area contributed by atoms with Crippen LogP contribution in [-0.4, -0.2) is 41.3 Å². The van der Waals surface area contributed by atoms with E-state index in [9.17, 15) is 4.79 Å². The highest BCUT2D eigenvalue weighted by Gasteiger charge is 2.25. The van der Waals surface area contributed by atoms with E-state index in [0.29, 0.717) is 24.8 Å². The second-order valence-electron chi connectivity index (χ2n) is 4.72. The number of aliphatic carboxylic acids is 1. The number of carbonyl (C=O) groups is 1. The molecule has 18 heavy (non-hydrogen) atoms. The van der Waals surface area contributed by atoms with Gasteiger partial charge in [0.2, 0.25) is 0 Å². The molecule has 6 nitrogen and oxygen atoms in total. The third kappa shape index (κ3) is 4.12. The summed E-state index contributed by atoms with van der Waals surface area (Å²) in [6, 6.07) is 1.81. The maximum absolute atomic E-state index is 10.8. The van der Waals surface area contributed by atoms with Crippen LogP contribution < -0.4 is 0 Å². The molecule has 1 aromatic rings. The highest BCUT2D eigenvalue weighted by atomic mass is 16.5. The summed E-state index contributed by atoms with van der Waals surface area (Å²) in [6.45, 7) is 1.76. The average molecular weight is 254 g/mol. The Hall–Kier alpha value is -1.40. The first-order valence-electron chi connectivity index (χ1n) is 6.05. The summed E-state index contributed by atoms with van der Waals surface area (Å²) in [5.74, 6) is 0.500. The molecule has 6 heteroatoms. The maximum Gasteiger partial charge on any atom is 0.317 e. The van der Waals surface area contributed by atoms with Gasteiger partial charge in [-0.15, -0.1) is 0 Å². The molecular formula is C12H18N2O4. The number of carboxylic acid groups (broad SMARTS) is 1. The van der Waals surface area contributed by atoms with E-state index in [1.54, 1.807) is 7.11 Å². The van der Waals surface area contributed by atoms with Crippen molar-refractivity contribution >= 4 is 5.97 Å². The maximum atomic E-state index is 10.8. The van der Waals surface area contributed by atoms with Gasteiger partial charge >= 0.3 is 5.97 Å². The number of ether oxygens (including phenoxy) is 1. The Balaban J connectivity index is 1.90. The highest BCUT2D eigenvalue weighted by molar-refractivity contribution is 5.69. The third-order valence-corrected chi connectivity index (χ3v) is 2.85. The summed E-state index contributed by atoms with van der Waals surface area (Å²) < 4.78 is 10.0. The Morgan fingerprint density at radius 1 is 1.67 bits per heavy atom. The van der Waals surface area contributed by atoms with E-state index in [0.717, 1.165) is 12.2 Å². The molecule has 1 fully saturated rings. The van der Waals surface area contributed by atoms with E-state index in [2.05, 4.69) is 5.16 Å². The van der Waals surface area contributed by atoms with Gasteiger partial charge in [-0.05, 0) is 18.8 Å². The lowest BCUT2D eigenvalue weighted by atomic mass is 10.3. The van der Waals surface area contributed by atoms with Gasteiger partial charge in [-0.3, -0.25) is 9.69 Å². The molecule has 2 rings (SSSR count). The lowest BCUT2D eigenvalue weighted by Crippen LogP contribution is -2.31. The Kier molecular flexibility index (Phi) is 4.33. The number of methoxy groups -OCH3 is 1. The standard InChI is InChI=1S/C12H18N2O4/c1-17-8-11-4-10(13-18-11)6-14(7-12(15)16)5-9-2-3-9/h4,9H,2-3,5-8H2,1H3,(H,15,16). The number of aromatic nitrogens is 1. The van der Waals surface area contributed by atoms with Crippen LogP contribution in [0.5, 0.6) is 0 Å². The van der Waals surface area contributed by atoms with Gasteiger partial charge in [0.15, 0.2) is 5.76 Å². The van der Waals surface area contributed by atoms with Gasteiger partial charge in [-0.25, -0.2) is 0 Å². The molecular weight excluding hydrogens is 236 g/mol. The lowest BCUT2D eigenvalue weighted by molar-refractivity contribution is -0.138. The van der Waals surface area contributed by atoms with Crippen LogP contribution in [0, 0.1) is 5.92 Å². The van der Waals surface area contributed by atoms with Crippen LogP contribution >= 0.6 is 0 Å². The molecule has 0 aromatic carbocycles. The molecule has 100 valence electrons. The van der Waals surface area contributed by atoms with E-state index in [4.69, 9.17) is 14.4 Å². The van der Waals surface area contributed by atoms with Crippen LogP contribution in [0.15, 0.2) is 10.6 Å². The number of rotatable bonds is 8. The Morgan fingerprint density at radius 2 is 2.44 bits per heavy atom. The van der Waals surface area contributed by atoms with E-state index >= 15 is 0 Å². The zero-order valence-electron chi connectivity index (χ0n) is 10.5. The summed E-state index contributed by atoms with van der Waals surface area (Å²) in [5.41, 5.74) is 0.754. The van der Waals surface area contributed by atoms with Gasteiger partial charge in [0.25, 0.3) is 0 Å². The van der Waals surface area contributed by atoms with Crippen molar-refractivity contribution in [1.29, 1.82) is 0 Å². The Bertz CT molecular complexity index is 401. The van der Waals surface area contributed by atoms with Crippen molar-refractivity contribution in [3.05, 3.63) is 17.5 Å². The molecule has 0 spiro atoms. The van der Waals surface area contributed by atoms with Crippen molar-refractivity contribution in [3.8, 4) is 0 Å². The van der Waals surface area contributed by atoms with Gasteiger partial charge in [-0.2, -0.15) is 0 Å². The average Bonchev–Trinajstić information content (AvgIpc) is 2.99. The van der Waals surface area contributed by atoms with Gasteiger partial charge in [0.05, 0.1) is 12.2 Å². The van der Waals surface area contributed by atoms with Crippen molar-refractivity contribution in [2.24, 2.45) is 5.92 Å². The number of hydrogen-bond acceptors (Lipinski definition) is 5. The summed E-state index contributed by atoms with van der Waals surface area (Å²) in [6.07, 6.45) is 2.40. The second kappa shape index (κ2) is 5.97. The first kappa shape index (κ1) is 13.0. The van der Waals surface area contributed by atoms with Crippen LogP contribution in [0.4, 0.5) is 0 Å². The van der Waals surface area contributed by atoms with Crippen molar-refractivity contribution in [2.75, 3.05) is 20.2 Å². The minimum atomic E-state index is -0.809. The summed E-state index contributed by atoms with van der Waals surface area (Å²) in [4.78, 5) is 12.7. The van der Waals surface area contributed by atoms with Crippen molar-refractivity contribution in [2.45, 2.75) is 26.0 Å². The predicted molar refractivity (Wildman–Crippen MR) is 62.9 cm³/mol. The van der Waals surface area contributed by atoms with E-state index in [-0.39, 0.29) is 6.54 Å². The fourth-order valence-corrected chi connectivity index (χ4v) is 1.91. The van der Waals surface area contributed by atoms with Crippen LogP contribution in [0.2, 0.25) is 0 Å². The van der Waals surface area contributed by atoms with Gasteiger partial charge in [0.1, 0.15) is 6.61 Å². The molecule has 1 saturated carbocycles. The highest BCUT2D eigenvalue weighted by Crippen LogP contribution is 2.30. The molecule has 1 heterocycles. The molecule has 0 bridgehead atoms. The second-order valence-corrected chi connectivity index (χ2v) is 4.72. The molecule has 0 atom stereocenters. The minimum Gasteiger partial charge on any atom is -0.480 e. The molecule has 1 N–H and O–H groups in total. The van der Waals surface area contributed by atoms with Crippen molar-refractivity contribution in [3.63, 3.8) is 0 Å². The smallest absolute Gasteiger partial charge is 0.317 e. The van der Waals surface area contributed by atoms with Crippen LogP contribution in [0.1, 0.15) is 24.3 Å². The lowest BCUT2D eigenvalue weighted by Gasteiger charge is -2.18. The molecule has 1 aromatic heterocycles. The topological polar surface area (TPSA) is 75.8 Å². The first-order valence-corrected chi connectivity index (χ1v) is 6.05. The van der Waals surface area contributed by atoms with E-state index < -0.39 is 5.97 Å². The van der Waals surface area contributed by atoms with Crippen molar-refractivity contribution in [1.82, 2.24) is 10.1 Å². The predicted octanol–water partition coefficient (Wildman–Crippen LogP) is 1.12. The molecule has 0 saturated heterocycles. The number of nitrogens with zero attached hydrogens (tertiary/aromatic N) is 2. The molecule has 1 aliphatic carbocycles. The van der Waals surface area contributed by atoms with Crippen LogP contribution in [0.3, 0.4) is 0 Å². The molecule has 0 unspecified atom stereocenters. The Labute approximate surface area is 106 Å². The van der Waals surface area contributed by atoms with Crippen LogP contribution in [0.25, 0.3) is 0 Å². The third-order valence-electron chi connectivity index (χ3n) is 2.85. The zero-order chi connectivity index (χ0) is 13.0. The quantitative estimate of drug-likeness (QED) is 0.749.